The van der Waals surface area contributed by atoms with Gasteiger partial charge in [0.1, 0.15) is 0 Å². The number of rotatable bonds is 9. The monoisotopic (exact) mass is 575 g/mol. The number of carbonyl (C=O) groups excluding carboxylic acids is 1. The van der Waals surface area contributed by atoms with Gasteiger partial charge in [-0.05, 0) is 93.7 Å². The van der Waals surface area contributed by atoms with E-state index in [1.165, 1.54) is 18.5 Å². The average molecular weight is 576 g/mol. The van der Waals surface area contributed by atoms with E-state index in [4.69, 9.17) is 14.6 Å². The first kappa shape index (κ1) is 26.5. The number of anilines is 1. The molecular weight excluding hydrogens is 536 g/mol. The minimum Gasteiger partial charge on any atom is -0.339 e. The van der Waals surface area contributed by atoms with Gasteiger partial charge >= 0.3 is 0 Å². The minimum absolute atomic E-state index is 0.000446. The molecule has 0 unspecified atom stereocenters. The fourth-order valence-electron chi connectivity index (χ4n) is 7.94. The van der Waals surface area contributed by atoms with Gasteiger partial charge < -0.3 is 9.42 Å². The van der Waals surface area contributed by atoms with Crippen LogP contribution in [0, 0.1) is 11.3 Å². The number of fused-ring (bicyclic) bond motifs is 3. The van der Waals surface area contributed by atoms with Crippen LogP contribution in [-0.2, 0) is 17.3 Å². The molecule has 2 bridgehead atoms. The summed E-state index contributed by atoms with van der Waals surface area (Å²) in [6.07, 6.45) is 10.4. The molecule has 6 fully saturated rings. The zero-order chi connectivity index (χ0) is 28.7. The molecule has 9 heteroatoms. The van der Waals surface area contributed by atoms with Crippen LogP contribution in [-0.4, -0.2) is 38.3 Å². The summed E-state index contributed by atoms with van der Waals surface area (Å²) in [5, 5.41) is 9.09. The molecule has 2 heterocycles. The van der Waals surface area contributed by atoms with Crippen LogP contribution in [0.1, 0.15) is 113 Å². The fraction of sp³-hybridized carbons (Fsp3) is 0.636. The molecule has 0 atom stereocenters. The second-order valence-corrected chi connectivity index (χ2v) is 14.2. The molecule has 0 aliphatic heterocycles. The van der Waals surface area contributed by atoms with Crippen molar-refractivity contribution in [3.05, 3.63) is 47.7 Å². The number of benzene rings is 1. The molecule has 9 rings (SSSR count). The summed E-state index contributed by atoms with van der Waals surface area (Å²) >= 11 is 0. The first-order valence-corrected chi connectivity index (χ1v) is 15.9. The van der Waals surface area contributed by atoms with Crippen molar-refractivity contribution in [2.45, 2.75) is 107 Å². The van der Waals surface area contributed by atoms with Crippen molar-refractivity contribution < 1.29 is 18.1 Å². The SMILES string of the molecule is Cn1nc(-c2cccc(N(CC34CCC(c5nc(C6CC6)no5)(CC3)CC4)C(=O)CC3CC(F)(F)C3)c2)cc1C1CC1. The van der Waals surface area contributed by atoms with E-state index in [0.717, 1.165) is 80.0 Å². The predicted molar refractivity (Wildman–Crippen MR) is 153 cm³/mol. The maximum atomic E-state index is 13.9. The number of halogens is 2. The van der Waals surface area contributed by atoms with E-state index in [1.54, 1.807) is 0 Å². The van der Waals surface area contributed by atoms with Crippen LogP contribution < -0.4 is 4.90 Å². The number of amides is 1. The molecule has 42 heavy (non-hydrogen) atoms. The van der Waals surface area contributed by atoms with Gasteiger partial charge in [-0.2, -0.15) is 10.1 Å². The number of alkyl halides is 2. The topological polar surface area (TPSA) is 77.1 Å². The molecule has 0 N–H and O–H groups in total. The Kier molecular flexibility index (Phi) is 5.97. The first-order chi connectivity index (χ1) is 20.2. The Hall–Kier alpha value is -3.10. The number of hydrogen-bond acceptors (Lipinski definition) is 5. The Labute approximate surface area is 245 Å². The second kappa shape index (κ2) is 9.45. The number of aryl methyl sites for hydroxylation is 1. The molecule has 0 spiro atoms. The number of aromatic nitrogens is 4. The highest BCUT2D eigenvalue weighted by Crippen LogP contribution is 2.58. The van der Waals surface area contributed by atoms with Crippen LogP contribution in [0.5, 0.6) is 0 Å². The molecule has 222 valence electrons. The third-order valence-corrected chi connectivity index (χ3v) is 11.0. The Morgan fingerprint density at radius 1 is 1.02 bits per heavy atom. The van der Waals surface area contributed by atoms with Gasteiger partial charge in [-0.3, -0.25) is 9.48 Å². The molecule has 3 aromatic rings. The minimum atomic E-state index is -2.63. The quantitative estimate of drug-likeness (QED) is 0.268. The zero-order valence-corrected chi connectivity index (χ0v) is 24.3. The molecular formula is C33H39F2N5O2. The van der Waals surface area contributed by atoms with Crippen molar-refractivity contribution >= 4 is 11.6 Å². The standard InChI is InChI=1S/C33H39F2N5O2/c1-39-27(22-5-6-22)17-26(37-39)24-3-2-4-25(16-24)40(28(41)15-21-18-33(34,35)19-21)20-31-9-12-32(13-10-31,14-11-31)30-36-29(38-42-30)23-7-8-23/h2-4,16-17,21-23H,5-15,18-20H2,1H3. The van der Waals surface area contributed by atoms with Crippen molar-refractivity contribution in [2.75, 3.05) is 11.4 Å². The largest absolute Gasteiger partial charge is 0.339 e. The summed E-state index contributed by atoms with van der Waals surface area (Å²) < 4.78 is 35.1. The highest BCUT2D eigenvalue weighted by atomic mass is 19.3. The Morgan fingerprint density at radius 3 is 2.40 bits per heavy atom. The average Bonchev–Trinajstić information content (AvgIpc) is 3.92. The number of carbonyl (C=O) groups is 1. The van der Waals surface area contributed by atoms with Gasteiger partial charge in [-0.15, -0.1) is 0 Å². The third-order valence-electron chi connectivity index (χ3n) is 11.0. The molecule has 6 saturated carbocycles. The smallest absolute Gasteiger partial charge is 0.248 e. The van der Waals surface area contributed by atoms with Crippen molar-refractivity contribution in [1.82, 2.24) is 19.9 Å². The first-order valence-electron chi connectivity index (χ1n) is 15.9. The summed E-state index contributed by atoms with van der Waals surface area (Å²) in [5.41, 5.74) is 3.94. The van der Waals surface area contributed by atoms with Crippen molar-refractivity contribution in [3.63, 3.8) is 0 Å². The van der Waals surface area contributed by atoms with Crippen LogP contribution in [0.4, 0.5) is 14.5 Å². The molecule has 1 amide bonds. The number of hydrogen-bond donors (Lipinski definition) is 0. The molecule has 6 aliphatic carbocycles. The highest BCUT2D eigenvalue weighted by Gasteiger charge is 2.53. The van der Waals surface area contributed by atoms with Crippen LogP contribution in [0.2, 0.25) is 0 Å². The lowest BCUT2D eigenvalue weighted by Gasteiger charge is -2.53. The Morgan fingerprint density at radius 2 is 1.74 bits per heavy atom. The van der Waals surface area contributed by atoms with Gasteiger partial charge in [0.15, 0.2) is 5.82 Å². The summed E-state index contributed by atoms with van der Waals surface area (Å²) in [6.45, 7) is 0.612. The van der Waals surface area contributed by atoms with E-state index >= 15 is 0 Å². The second-order valence-electron chi connectivity index (χ2n) is 14.2. The van der Waals surface area contributed by atoms with Gasteiger partial charge in [-0.25, -0.2) is 8.78 Å². The van der Waals surface area contributed by atoms with E-state index < -0.39 is 5.92 Å². The van der Waals surface area contributed by atoms with Gasteiger partial charge in [0.05, 0.1) is 5.69 Å². The van der Waals surface area contributed by atoms with Crippen LogP contribution in [0.15, 0.2) is 34.9 Å². The maximum absolute atomic E-state index is 13.9. The maximum Gasteiger partial charge on any atom is 0.248 e. The van der Waals surface area contributed by atoms with Crippen molar-refractivity contribution in [1.29, 1.82) is 0 Å². The molecule has 0 radical (unpaired) electrons. The van der Waals surface area contributed by atoms with E-state index in [-0.39, 0.29) is 41.9 Å². The predicted octanol–water partition coefficient (Wildman–Crippen LogP) is 7.29. The number of nitrogens with zero attached hydrogens (tertiary/aromatic N) is 5. The zero-order valence-electron chi connectivity index (χ0n) is 24.3. The summed E-state index contributed by atoms with van der Waals surface area (Å²) in [4.78, 5) is 20.6. The van der Waals surface area contributed by atoms with Crippen molar-refractivity contribution in [2.24, 2.45) is 18.4 Å². The molecule has 2 aromatic heterocycles. The third kappa shape index (κ3) is 4.77. The van der Waals surface area contributed by atoms with Gasteiger partial charge in [0.25, 0.3) is 0 Å². The fourth-order valence-corrected chi connectivity index (χ4v) is 7.94. The highest BCUT2D eigenvalue weighted by molar-refractivity contribution is 5.94. The van der Waals surface area contributed by atoms with Gasteiger partial charge in [-0.1, -0.05) is 17.3 Å². The van der Waals surface area contributed by atoms with Gasteiger partial charge in [0, 0.05) is 67.1 Å². The van der Waals surface area contributed by atoms with E-state index in [9.17, 15) is 13.6 Å². The van der Waals surface area contributed by atoms with Crippen molar-refractivity contribution in [3.8, 4) is 11.3 Å². The van der Waals surface area contributed by atoms with E-state index in [2.05, 4.69) is 17.3 Å². The summed E-state index contributed by atoms with van der Waals surface area (Å²) in [5.74, 6) is -0.179. The summed E-state index contributed by atoms with van der Waals surface area (Å²) in [7, 11) is 2.00. The van der Waals surface area contributed by atoms with E-state index in [1.807, 2.05) is 34.8 Å². The van der Waals surface area contributed by atoms with Crippen LogP contribution in [0.25, 0.3) is 11.3 Å². The molecule has 6 aliphatic rings. The normalized spacial score (nSPS) is 28.5. The lowest BCUT2D eigenvalue weighted by Crippen LogP contribution is -2.51. The van der Waals surface area contributed by atoms with Crippen LogP contribution >= 0.6 is 0 Å². The lowest BCUT2D eigenvalue weighted by molar-refractivity contribution is -0.132. The van der Waals surface area contributed by atoms with Gasteiger partial charge in [0.2, 0.25) is 17.7 Å². The lowest BCUT2D eigenvalue weighted by atomic mass is 9.53. The summed E-state index contributed by atoms with van der Waals surface area (Å²) in [6, 6.07) is 10.3. The van der Waals surface area contributed by atoms with E-state index in [0.29, 0.717) is 18.4 Å². The molecule has 0 saturated heterocycles. The Balaban J connectivity index is 1.04. The Bertz CT molecular complexity index is 1490. The molecule has 7 nitrogen and oxygen atoms in total. The molecule has 1 aromatic carbocycles. The van der Waals surface area contributed by atoms with Crippen LogP contribution in [0.3, 0.4) is 0 Å².